The van der Waals surface area contributed by atoms with Gasteiger partial charge in [0.05, 0.1) is 12.1 Å². The van der Waals surface area contributed by atoms with E-state index in [0.717, 1.165) is 4.90 Å². The lowest BCUT2D eigenvalue weighted by molar-refractivity contribution is -0.152. The molecule has 0 heterocycles. The van der Waals surface area contributed by atoms with Crippen LogP contribution >= 0.6 is 23.4 Å². The fraction of sp³-hybridized carbons (Fsp3) is 0.222. The molecule has 0 aromatic heterocycles. The molecule has 1 amide bonds. The van der Waals surface area contributed by atoms with Crippen molar-refractivity contribution >= 4 is 40.9 Å². The van der Waals surface area contributed by atoms with Crippen LogP contribution in [-0.4, -0.2) is 23.7 Å². The predicted molar refractivity (Wildman–Crippen MR) is 97.4 cm³/mol. The Morgan fingerprint density at radius 3 is 2.56 bits per heavy atom. The second-order valence-corrected chi connectivity index (χ2v) is 6.76. The van der Waals surface area contributed by atoms with E-state index in [9.17, 15) is 14.0 Å². The second kappa shape index (κ2) is 9.44. The number of hydrogen-bond acceptors (Lipinski definition) is 4. The maximum Gasteiger partial charge on any atom is 0.307 e. The van der Waals surface area contributed by atoms with Crippen LogP contribution in [-0.2, 0) is 14.3 Å². The zero-order valence-electron chi connectivity index (χ0n) is 13.5. The average molecular weight is 382 g/mol. The molecule has 2 aromatic carbocycles. The van der Waals surface area contributed by atoms with Crippen molar-refractivity contribution in [1.82, 2.24) is 0 Å². The summed E-state index contributed by atoms with van der Waals surface area (Å²) in [7, 11) is 0. The van der Waals surface area contributed by atoms with Crippen molar-refractivity contribution in [3.63, 3.8) is 0 Å². The van der Waals surface area contributed by atoms with Gasteiger partial charge in [-0.2, -0.15) is 0 Å². The number of anilines is 1. The average Bonchev–Trinajstić information content (AvgIpc) is 2.58. The zero-order chi connectivity index (χ0) is 18.2. The Balaban J connectivity index is 1.74. The van der Waals surface area contributed by atoms with E-state index in [1.807, 2.05) is 12.1 Å². The first-order valence-electron chi connectivity index (χ1n) is 7.59. The minimum Gasteiger partial charge on any atom is -0.453 e. The van der Waals surface area contributed by atoms with E-state index in [4.69, 9.17) is 16.3 Å². The van der Waals surface area contributed by atoms with Crippen LogP contribution in [0.1, 0.15) is 13.3 Å². The molecule has 132 valence electrons. The smallest absolute Gasteiger partial charge is 0.307 e. The highest BCUT2D eigenvalue weighted by atomic mass is 35.5. The van der Waals surface area contributed by atoms with E-state index in [0.29, 0.717) is 10.8 Å². The Morgan fingerprint density at radius 2 is 1.88 bits per heavy atom. The fourth-order valence-electron chi connectivity index (χ4n) is 1.89. The van der Waals surface area contributed by atoms with Crippen molar-refractivity contribution in [2.24, 2.45) is 0 Å². The van der Waals surface area contributed by atoms with Crippen LogP contribution in [0.2, 0.25) is 5.02 Å². The van der Waals surface area contributed by atoms with Gasteiger partial charge >= 0.3 is 5.97 Å². The number of para-hydroxylation sites is 1. The van der Waals surface area contributed by atoms with Gasteiger partial charge in [-0.15, -0.1) is 11.8 Å². The summed E-state index contributed by atoms with van der Waals surface area (Å²) in [6.07, 6.45) is -0.849. The monoisotopic (exact) mass is 381 g/mol. The van der Waals surface area contributed by atoms with E-state index < -0.39 is 23.8 Å². The molecule has 0 fully saturated rings. The van der Waals surface area contributed by atoms with Gasteiger partial charge in [-0.3, -0.25) is 9.59 Å². The third-order valence-electron chi connectivity index (χ3n) is 3.20. The number of carbonyl (C=O) groups excluding carboxylic acids is 2. The summed E-state index contributed by atoms with van der Waals surface area (Å²) in [5.41, 5.74) is 0.0497. The molecule has 1 atom stereocenters. The highest BCUT2D eigenvalue weighted by molar-refractivity contribution is 7.99. The van der Waals surface area contributed by atoms with Crippen molar-refractivity contribution in [3.8, 4) is 0 Å². The van der Waals surface area contributed by atoms with Gasteiger partial charge in [0.25, 0.3) is 5.91 Å². The predicted octanol–water partition coefficient (Wildman–Crippen LogP) is 4.53. The number of rotatable bonds is 7. The second-order valence-electron chi connectivity index (χ2n) is 5.15. The highest BCUT2D eigenvalue weighted by Crippen LogP contribution is 2.21. The molecule has 7 heteroatoms. The minimum atomic E-state index is -1.01. The quantitative estimate of drug-likeness (QED) is 0.565. The van der Waals surface area contributed by atoms with Crippen LogP contribution in [0.15, 0.2) is 53.4 Å². The largest absolute Gasteiger partial charge is 0.453 e. The van der Waals surface area contributed by atoms with Crippen molar-refractivity contribution in [3.05, 3.63) is 59.4 Å². The number of esters is 1. The standard InChI is InChI=1S/C18H17ClFNO3S/c1-12(18(23)21-16-5-3-2-4-15(16)20)24-17(22)10-11-25-14-8-6-13(19)7-9-14/h2-9,12H,10-11H2,1H3,(H,21,23)/t12-/m1/s1. The van der Waals surface area contributed by atoms with Crippen LogP contribution in [0.3, 0.4) is 0 Å². The van der Waals surface area contributed by atoms with E-state index in [2.05, 4.69) is 5.32 Å². The van der Waals surface area contributed by atoms with Gasteiger partial charge in [-0.1, -0.05) is 23.7 Å². The number of amides is 1. The van der Waals surface area contributed by atoms with E-state index >= 15 is 0 Å². The van der Waals surface area contributed by atoms with E-state index in [-0.39, 0.29) is 12.1 Å². The maximum absolute atomic E-state index is 13.5. The lowest BCUT2D eigenvalue weighted by Gasteiger charge is -2.13. The first kappa shape index (κ1) is 19.3. The molecule has 0 aliphatic rings. The number of benzene rings is 2. The zero-order valence-corrected chi connectivity index (χ0v) is 15.1. The van der Waals surface area contributed by atoms with Gasteiger partial charge < -0.3 is 10.1 Å². The molecule has 0 spiro atoms. The molecule has 25 heavy (non-hydrogen) atoms. The van der Waals surface area contributed by atoms with Crippen molar-refractivity contribution in [2.45, 2.75) is 24.3 Å². The van der Waals surface area contributed by atoms with E-state index in [1.54, 1.807) is 18.2 Å². The van der Waals surface area contributed by atoms with Crippen LogP contribution in [0.25, 0.3) is 0 Å². The molecule has 0 saturated heterocycles. The van der Waals surface area contributed by atoms with Crippen molar-refractivity contribution in [2.75, 3.05) is 11.1 Å². The number of carbonyl (C=O) groups is 2. The van der Waals surface area contributed by atoms with Crippen LogP contribution < -0.4 is 5.32 Å². The summed E-state index contributed by atoms with van der Waals surface area (Å²) in [5, 5.41) is 3.05. The minimum absolute atomic E-state index is 0.0497. The van der Waals surface area contributed by atoms with Gasteiger partial charge in [0, 0.05) is 15.7 Å². The first-order valence-corrected chi connectivity index (χ1v) is 8.95. The summed E-state index contributed by atoms with van der Waals surface area (Å²) in [6.45, 7) is 1.44. The lowest BCUT2D eigenvalue weighted by Crippen LogP contribution is -2.30. The van der Waals surface area contributed by atoms with Crippen molar-refractivity contribution < 1.29 is 18.7 Å². The van der Waals surface area contributed by atoms with Gasteiger partial charge in [-0.25, -0.2) is 4.39 Å². The molecule has 4 nitrogen and oxygen atoms in total. The molecule has 2 aromatic rings. The molecule has 0 aliphatic carbocycles. The van der Waals surface area contributed by atoms with Gasteiger partial charge in [-0.05, 0) is 43.3 Å². The Hall–Kier alpha value is -2.05. The summed E-state index contributed by atoms with van der Waals surface area (Å²) >= 11 is 7.29. The van der Waals surface area contributed by atoms with Crippen LogP contribution in [0.5, 0.6) is 0 Å². The SMILES string of the molecule is C[C@@H](OC(=O)CCSc1ccc(Cl)cc1)C(=O)Nc1ccccc1F. The molecule has 1 N–H and O–H groups in total. The molecular weight excluding hydrogens is 365 g/mol. The summed E-state index contributed by atoms with van der Waals surface area (Å²) in [5.74, 6) is -1.10. The molecule has 0 aliphatic heterocycles. The Kier molecular flexibility index (Phi) is 7.28. The Labute approximate surface area is 154 Å². The van der Waals surface area contributed by atoms with Crippen molar-refractivity contribution in [1.29, 1.82) is 0 Å². The number of thioether (sulfide) groups is 1. The maximum atomic E-state index is 13.5. The van der Waals surface area contributed by atoms with Gasteiger partial charge in [0.2, 0.25) is 0 Å². The normalized spacial score (nSPS) is 11.6. The molecule has 0 saturated carbocycles. The number of nitrogens with one attached hydrogen (secondary N) is 1. The third-order valence-corrected chi connectivity index (χ3v) is 4.46. The summed E-state index contributed by atoms with van der Waals surface area (Å²) in [6, 6.07) is 13.1. The summed E-state index contributed by atoms with van der Waals surface area (Å²) < 4.78 is 18.6. The van der Waals surface area contributed by atoms with E-state index in [1.165, 1.54) is 36.9 Å². The molecule has 2 rings (SSSR count). The number of halogens is 2. The number of ether oxygens (including phenoxy) is 1. The lowest BCUT2D eigenvalue weighted by atomic mass is 10.3. The number of hydrogen-bond donors (Lipinski definition) is 1. The first-order chi connectivity index (χ1) is 12.0. The highest BCUT2D eigenvalue weighted by Gasteiger charge is 2.18. The fourth-order valence-corrected chi connectivity index (χ4v) is 2.85. The van der Waals surface area contributed by atoms with Crippen LogP contribution in [0, 0.1) is 5.82 Å². The third kappa shape index (κ3) is 6.40. The summed E-state index contributed by atoms with van der Waals surface area (Å²) in [4.78, 5) is 24.8. The topological polar surface area (TPSA) is 55.4 Å². The van der Waals surface area contributed by atoms with Gasteiger partial charge in [0.15, 0.2) is 6.10 Å². The Morgan fingerprint density at radius 1 is 1.20 bits per heavy atom. The Bertz CT molecular complexity index is 739. The molecular formula is C18H17ClFNO3S. The van der Waals surface area contributed by atoms with Crippen LogP contribution in [0.4, 0.5) is 10.1 Å². The molecule has 0 radical (unpaired) electrons. The molecule has 0 unspecified atom stereocenters. The van der Waals surface area contributed by atoms with Gasteiger partial charge in [0.1, 0.15) is 5.82 Å². The molecule has 0 bridgehead atoms.